The highest BCUT2D eigenvalue weighted by molar-refractivity contribution is 5.99. The van der Waals surface area contributed by atoms with Gasteiger partial charge in [0.2, 0.25) is 11.8 Å². The van der Waals surface area contributed by atoms with E-state index in [0.717, 1.165) is 37.9 Å². The topological polar surface area (TPSA) is 61.9 Å². The zero-order valence-electron chi connectivity index (χ0n) is 16.8. The third-order valence-electron chi connectivity index (χ3n) is 5.68. The fourth-order valence-electron chi connectivity index (χ4n) is 4.26. The van der Waals surface area contributed by atoms with Gasteiger partial charge in [-0.2, -0.15) is 0 Å². The lowest BCUT2D eigenvalue weighted by Gasteiger charge is -2.27. The Morgan fingerprint density at radius 2 is 1.79 bits per heavy atom. The number of carbonyl (C=O) groups excluding carboxylic acids is 2. The van der Waals surface area contributed by atoms with Gasteiger partial charge in [-0.05, 0) is 56.1 Å². The maximum Gasteiger partial charge on any atom is 0.246 e. The number of carbonyl (C=O) groups is 2. The van der Waals surface area contributed by atoms with Crippen molar-refractivity contribution >= 4 is 23.2 Å². The second-order valence-electron chi connectivity index (χ2n) is 7.58. The molecule has 2 fully saturated rings. The van der Waals surface area contributed by atoms with Crippen LogP contribution in [0.4, 0.5) is 11.4 Å². The molecule has 2 saturated heterocycles. The number of ether oxygens (including phenoxy) is 1. The molecule has 2 amide bonds. The molecule has 6 heteroatoms. The highest BCUT2D eigenvalue weighted by Crippen LogP contribution is 2.35. The van der Waals surface area contributed by atoms with Crippen molar-refractivity contribution in [3.63, 3.8) is 0 Å². The zero-order valence-corrected chi connectivity index (χ0v) is 16.8. The Morgan fingerprint density at radius 1 is 1.03 bits per heavy atom. The number of hydrogen-bond acceptors (Lipinski definition) is 4. The molecule has 0 aliphatic carbocycles. The number of nitrogens with zero attached hydrogens (tertiary/aromatic N) is 2. The molecule has 2 heterocycles. The van der Waals surface area contributed by atoms with Gasteiger partial charge in [0.05, 0.1) is 12.8 Å². The summed E-state index contributed by atoms with van der Waals surface area (Å²) in [5.41, 5.74) is 2.38. The van der Waals surface area contributed by atoms with E-state index in [1.54, 1.807) is 12.0 Å². The van der Waals surface area contributed by atoms with Gasteiger partial charge in [-0.3, -0.25) is 14.5 Å². The van der Waals surface area contributed by atoms with Gasteiger partial charge in [0.1, 0.15) is 11.8 Å². The molecule has 0 aromatic heterocycles. The molecular formula is C23H27N3O3. The lowest BCUT2D eigenvalue weighted by molar-refractivity contribution is -0.121. The maximum absolute atomic E-state index is 13.3. The summed E-state index contributed by atoms with van der Waals surface area (Å²) in [4.78, 5) is 29.5. The highest BCUT2D eigenvalue weighted by Gasteiger charge is 2.30. The smallest absolute Gasteiger partial charge is 0.246 e. The molecule has 1 N–H and O–H groups in total. The van der Waals surface area contributed by atoms with Crippen molar-refractivity contribution in [2.45, 2.75) is 31.7 Å². The first-order chi connectivity index (χ1) is 14.2. The summed E-state index contributed by atoms with van der Waals surface area (Å²) in [6, 6.07) is 15.1. The molecule has 0 radical (unpaired) electrons. The van der Waals surface area contributed by atoms with Gasteiger partial charge in [-0.25, -0.2) is 0 Å². The predicted octanol–water partition coefficient (Wildman–Crippen LogP) is 3.60. The minimum Gasteiger partial charge on any atom is -0.495 e. The number of likely N-dealkylation sites (tertiary alicyclic amines) is 1. The number of benzene rings is 2. The first kappa shape index (κ1) is 19.5. The molecule has 2 aliphatic rings. The highest BCUT2D eigenvalue weighted by atomic mass is 16.5. The largest absolute Gasteiger partial charge is 0.495 e. The van der Waals surface area contributed by atoms with Crippen LogP contribution in [0.2, 0.25) is 0 Å². The van der Waals surface area contributed by atoms with Crippen LogP contribution in [0.25, 0.3) is 0 Å². The van der Waals surface area contributed by atoms with E-state index in [1.807, 2.05) is 48.5 Å². The summed E-state index contributed by atoms with van der Waals surface area (Å²) in [5, 5.41) is 3.07. The average Bonchev–Trinajstić information content (AvgIpc) is 3.41. The number of methoxy groups -OCH3 is 1. The number of rotatable bonds is 6. The molecule has 1 atom stereocenters. The predicted molar refractivity (Wildman–Crippen MR) is 113 cm³/mol. The van der Waals surface area contributed by atoms with Crippen molar-refractivity contribution in [1.82, 2.24) is 4.90 Å². The van der Waals surface area contributed by atoms with Crippen LogP contribution in [-0.2, 0) is 9.59 Å². The second-order valence-corrected chi connectivity index (χ2v) is 7.58. The molecule has 2 aromatic rings. The van der Waals surface area contributed by atoms with E-state index in [9.17, 15) is 9.59 Å². The Morgan fingerprint density at radius 3 is 2.45 bits per heavy atom. The van der Waals surface area contributed by atoms with Crippen LogP contribution in [0, 0.1) is 0 Å². The lowest BCUT2D eigenvalue weighted by Crippen LogP contribution is -2.35. The SMILES string of the molecule is COc1ccc(NC(=O)C(c2ccccc2)N2CCCC2)cc1N1CCCC1=O. The van der Waals surface area contributed by atoms with E-state index in [2.05, 4.69) is 10.2 Å². The number of nitrogens with one attached hydrogen (secondary N) is 1. The molecule has 0 bridgehead atoms. The van der Waals surface area contributed by atoms with E-state index in [-0.39, 0.29) is 17.9 Å². The molecule has 1 unspecified atom stereocenters. The summed E-state index contributed by atoms with van der Waals surface area (Å²) in [5.74, 6) is 0.672. The number of hydrogen-bond donors (Lipinski definition) is 1. The van der Waals surface area contributed by atoms with Crippen molar-refractivity contribution in [1.29, 1.82) is 0 Å². The van der Waals surface area contributed by atoms with Crippen molar-refractivity contribution in [3.05, 3.63) is 54.1 Å². The molecule has 6 nitrogen and oxygen atoms in total. The first-order valence-corrected chi connectivity index (χ1v) is 10.3. The van der Waals surface area contributed by atoms with Gasteiger partial charge in [-0.1, -0.05) is 30.3 Å². The van der Waals surface area contributed by atoms with Crippen LogP contribution >= 0.6 is 0 Å². The van der Waals surface area contributed by atoms with E-state index in [1.165, 1.54) is 0 Å². The summed E-state index contributed by atoms with van der Waals surface area (Å²) < 4.78 is 5.45. The third-order valence-corrected chi connectivity index (χ3v) is 5.68. The molecule has 2 aromatic carbocycles. The number of amides is 2. The fourth-order valence-corrected chi connectivity index (χ4v) is 4.26. The molecule has 29 heavy (non-hydrogen) atoms. The quantitative estimate of drug-likeness (QED) is 0.815. The van der Waals surface area contributed by atoms with E-state index in [0.29, 0.717) is 30.1 Å². The van der Waals surface area contributed by atoms with Gasteiger partial charge in [0.25, 0.3) is 0 Å². The Balaban J connectivity index is 1.60. The molecule has 0 spiro atoms. The standard InChI is InChI=1S/C23H27N3O3/c1-29-20-12-11-18(16-19(20)26-15-7-10-21(26)27)24-23(28)22(25-13-5-6-14-25)17-8-3-2-4-9-17/h2-4,8-9,11-12,16,22H,5-7,10,13-15H2,1H3,(H,24,28). The Bertz CT molecular complexity index is 878. The summed E-state index contributed by atoms with van der Waals surface area (Å²) in [6.07, 6.45) is 3.61. The Kier molecular flexibility index (Phi) is 5.81. The van der Waals surface area contributed by atoms with Crippen LogP contribution in [-0.4, -0.2) is 43.5 Å². The fraction of sp³-hybridized carbons (Fsp3) is 0.391. The minimum absolute atomic E-state index is 0.0537. The van der Waals surface area contributed by atoms with Gasteiger partial charge in [0.15, 0.2) is 0 Å². The van der Waals surface area contributed by atoms with Crippen LogP contribution < -0.4 is 15.0 Å². The van der Waals surface area contributed by atoms with Crippen LogP contribution in [0.5, 0.6) is 5.75 Å². The molecule has 0 saturated carbocycles. The van der Waals surface area contributed by atoms with E-state index < -0.39 is 0 Å². The zero-order chi connectivity index (χ0) is 20.2. The van der Waals surface area contributed by atoms with Crippen LogP contribution in [0.15, 0.2) is 48.5 Å². The summed E-state index contributed by atoms with van der Waals surface area (Å²) in [6.45, 7) is 2.51. The maximum atomic E-state index is 13.3. The van der Waals surface area contributed by atoms with Crippen molar-refractivity contribution < 1.29 is 14.3 Å². The van der Waals surface area contributed by atoms with Gasteiger partial charge >= 0.3 is 0 Å². The van der Waals surface area contributed by atoms with E-state index >= 15 is 0 Å². The molecule has 2 aliphatic heterocycles. The molecule has 152 valence electrons. The normalized spacial score (nSPS) is 18.1. The summed E-state index contributed by atoms with van der Waals surface area (Å²) >= 11 is 0. The lowest BCUT2D eigenvalue weighted by atomic mass is 10.0. The average molecular weight is 393 g/mol. The van der Waals surface area contributed by atoms with E-state index in [4.69, 9.17) is 4.74 Å². The first-order valence-electron chi connectivity index (χ1n) is 10.3. The van der Waals surface area contributed by atoms with Crippen molar-refractivity contribution in [3.8, 4) is 5.75 Å². The van der Waals surface area contributed by atoms with Crippen molar-refractivity contribution in [2.75, 3.05) is 37.0 Å². The second kappa shape index (κ2) is 8.66. The molecule has 4 rings (SSSR count). The molecular weight excluding hydrogens is 366 g/mol. The Hall–Kier alpha value is -2.86. The van der Waals surface area contributed by atoms with Crippen LogP contribution in [0.1, 0.15) is 37.3 Å². The van der Waals surface area contributed by atoms with Gasteiger partial charge in [-0.15, -0.1) is 0 Å². The van der Waals surface area contributed by atoms with Gasteiger partial charge in [0, 0.05) is 18.7 Å². The summed E-state index contributed by atoms with van der Waals surface area (Å²) in [7, 11) is 1.59. The van der Waals surface area contributed by atoms with Crippen molar-refractivity contribution in [2.24, 2.45) is 0 Å². The van der Waals surface area contributed by atoms with Crippen LogP contribution in [0.3, 0.4) is 0 Å². The third kappa shape index (κ3) is 4.12. The number of anilines is 2. The Labute approximate surface area is 171 Å². The monoisotopic (exact) mass is 393 g/mol. The van der Waals surface area contributed by atoms with Gasteiger partial charge < -0.3 is 15.0 Å². The minimum atomic E-state index is -0.322.